The smallest absolute Gasteiger partial charge is 0.219 e. The van der Waals surface area contributed by atoms with E-state index >= 15 is 0 Å². The topological polar surface area (TPSA) is 32.8 Å². The number of amides is 1. The standard InChI is InChI=1S/C22H34N2O2/c1-4-11-24(16-18-9-12-23(13-10-18)17(2)25)21-7-5-19-6-8-22(26-3)15-20(19)14-21/h6,8,15,18,21H,4-5,7,9-14,16H2,1-3H3. The third kappa shape index (κ3) is 4.59. The third-order valence-corrected chi connectivity index (χ3v) is 6.20. The molecule has 4 nitrogen and oxygen atoms in total. The quantitative estimate of drug-likeness (QED) is 0.780. The molecule has 1 aliphatic carbocycles. The van der Waals surface area contributed by atoms with Crippen molar-refractivity contribution < 1.29 is 9.53 Å². The Kier molecular flexibility index (Phi) is 6.58. The fourth-order valence-corrected chi connectivity index (χ4v) is 4.63. The predicted octanol–water partition coefficient (Wildman–Crippen LogP) is 3.52. The molecule has 1 aliphatic heterocycles. The first-order valence-corrected chi connectivity index (χ1v) is 10.3. The molecule has 1 heterocycles. The number of piperidine rings is 1. The number of ether oxygens (including phenoxy) is 1. The van der Waals surface area contributed by atoms with Crippen LogP contribution in [0.5, 0.6) is 5.75 Å². The maximum Gasteiger partial charge on any atom is 0.219 e. The predicted molar refractivity (Wildman–Crippen MR) is 106 cm³/mol. The molecule has 1 unspecified atom stereocenters. The Hall–Kier alpha value is -1.55. The molecule has 26 heavy (non-hydrogen) atoms. The number of carbonyl (C=O) groups is 1. The molecule has 1 fully saturated rings. The van der Waals surface area contributed by atoms with Gasteiger partial charge in [-0.25, -0.2) is 0 Å². The Morgan fingerprint density at radius 1 is 1.23 bits per heavy atom. The second-order valence-corrected chi connectivity index (χ2v) is 7.98. The number of hydrogen-bond acceptors (Lipinski definition) is 3. The zero-order chi connectivity index (χ0) is 18.5. The molecule has 1 amide bonds. The maximum atomic E-state index is 11.6. The molecule has 4 heteroatoms. The molecule has 0 aromatic heterocycles. The van der Waals surface area contributed by atoms with Crippen LogP contribution >= 0.6 is 0 Å². The fraction of sp³-hybridized carbons (Fsp3) is 0.682. The second-order valence-electron chi connectivity index (χ2n) is 7.98. The van der Waals surface area contributed by atoms with Crippen molar-refractivity contribution in [3.8, 4) is 5.75 Å². The van der Waals surface area contributed by atoms with Gasteiger partial charge in [0.2, 0.25) is 5.91 Å². The molecule has 0 bridgehead atoms. The highest BCUT2D eigenvalue weighted by Gasteiger charge is 2.28. The molecule has 2 aliphatic rings. The minimum atomic E-state index is 0.228. The lowest BCUT2D eigenvalue weighted by Crippen LogP contribution is -2.45. The van der Waals surface area contributed by atoms with E-state index in [1.165, 1.54) is 43.5 Å². The highest BCUT2D eigenvalue weighted by Crippen LogP contribution is 2.29. The number of aryl methyl sites for hydroxylation is 1. The van der Waals surface area contributed by atoms with E-state index in [9.17, 15) is 4.79 Å². The van der Waals surface area contributed by atoms with Crippen LogP contribution in [0.3, 0.4) is 0 Å². The molecule has 1 aromatic rings. The summed E-state index contributed by atoms with van der Waals surface area (Å²) < 4.78 is 5.43. The van der Waals surface area contributed by atoms with E-state index in [1.54, 1.807) is 14.0 Å². The molecule has 1 aromatic carbocycles. The minimum absolute atomic E-state index is 0.228. The molecular weight excluding hydrogens is 324 g/mol. The highest BCUT2D eigenvalue weighted by molar-refractivity contribution is 5.73. The Balaban J connectivity index is 1.62. The SMILES string of the molecule is CCCN(CC1CCN(C(C)=O)CC1)C1CCc2ccc(OC)cc2C1. The van der Waals surface area contributed by atoms with Gasteiger partial charge in [0.1, 0.15) is 5.75 Å². The lowest BCUT2D eigenvalue weighted by atomic mass is 9.86. The first-order valence-electron chi connectivity index (χ1n) is 10.3. The third-order valence-electron chi connectivity index (χ3n) is 6.20. The molecule has 144 valence electrons. The summed E-state index contributed by atoms with van der Waals surface area (Å²) >= 11 is 0. The molecule has 0 spiro atoms. The van der Waals surface area contributed by atoms with Crippen LogP contribution in [-0.2, 0) is 17.6 Å². The van der Waals surface area contributed by atoms with Gasteiger partial charge in [0, 0.05) is 32.6 Å². The summed E-state index contributed by atoms with van der Waals surface area (Å²) in [6.45, 7) is 8.21. The molecule has 3 rings (SSSR count). The Labute approximate surface area is 158 Å². The Morgan fingerprint density at radius 2 is 2.00 bits per heavy atom. The number of rotatable bonds is 6. The van der Waals surface area contributed by atoms with Gasteiger partial charge in [-0.2, -0.15) is 0 Å². The molecule has 1 atom stereocenters. The van der Waals surface area contributed by atoms with Crippen LogP contribution < -0.4 is 4.74 Å². The van der Waals surface area contributed by atoms with Crippen LogP contribution in [-0.4, -0.2) is 55.0 Å². The first-order chi connectivity index (χ1) is 12.6. The van der Waals surface area contributed by atoms with Crippen molar-refractivity contribution >= 4 is 5.91 Å². The van der Waals surface area contributed by atoms with E-state index in [1.807, 2.05) is 4.90 Å². The van der Waals surface area contributed by atoms with Crippen molar-refractivity contribution in [2.24, 2.45) is 5.92 Å². The summed E-state index contributed by atoms with van der Waals surface area (Å²) in [5.41, 5.74) is 2.96. The summed E-state index contributed by atoms with van der Waals surface area (Å²) in [4.78, 5) is 16.3. The van der Waals surface area contributed by atoms with Crippen molar-refractivity contribution in [3.63, 3.8) is 0 Å². The molecule has 0 N–H and O–H groups in total. The minimum Gasteiger partial charge on any atom is -0.497 e. The van der Waals surface area contributed by atoms with Gasteiger partial charge in [0.25, 0.3) is 0 Å². The van der Waals surface area contributed by atoms with Gasteiger partial charge in [0.05, 0.1) is 7.11 Å². The van der Waals surface area contributed by atoms with E-state index in [0.717, 1.165) is 44.0 Å². The maximum absolute atomic E-state index is 11.6. The van der Waals surface area contributed by atoms with Crippen molar-refractivity contribution in [2.45, 2.75) is 58.4 Å². The Bertz CT molecular complexity index is 608. The van der Waals surface area contributed by atoms with Crippen LogP contribution in [0.4, 0.5) is 0 Å². The monoisotopic (exact) mass is 358 g/mol. The number of fused-ring (bicyclic) bond motifs is 1. The van der Waals surface area contributed by atoms with Gasteiger partial charge in [0.15, 0.2) is 0 Å². The molecule has 1 saturated heterocycles. The lowest BCUT2D eigenvalue weighted by Gasteiger charge is -2.39. The van der Waals surface area contributed by atoms with E-state index in [2.05, 4.69) is 30.0 Å². The average molecular weight is 359 g/mol. The molecule has 0 saturated carbocycles. The van der Waals surface area contributed by atoms with Gasteiger partial charge >= 0.3 is 0 Å². The van der Waals surface area contributed by atoms with E-state index in [-0.39, 0.29) is 5.91 Å². The number of benzene rings is 1. The average Bonchev–Trinajstić information content (AvgIpc) is 2.67. The van der Waals surface area contributed by atoms with Crippen LogP contribution in [0.15, 0.2) is 18.2 Å². The summed E-state index contributed by atoms with van der Waals surface area (Å²) in [6.07, 6.45) is 7.07. The summed E-state index contributed by atoms with van der Waals surface area (Å²) in [5.74, 6) is 1.93. The number of carbonyl (C=O) groups excluding carboxylic acids is 1. The van der Waals surface area contributed by atoms with Gasteiger partial charge in [-0.1, -0.05) is 13.0 Å². The number of nitrogens with zero attached hydrogens (tertiary/aromatic N) is 2. The first kappa shape index (κ1) is 19.2. The van der Waals surface area contributed by atoms with Gasteiger partial charge in [-0.3, -0.25) is 9.69 Å². The summed E-state index contributed by atoms with van der Waals surface area (Å²) in [5, 5.41) is 0. The number of hydrogen-bond donors (Lipinski definition) is 0. The van der Waals surface area contributed by atoms with Gasteiger partial charge in [-0.05, 0) is 74.2 Å². The largest absolute Gasteiger partial charge is 0.497 e. The molecule has 0 radical (unpaired) electrons. The van der Waals surface area contributed by atoms with Crippen LogP contribution in [0.25, 0.3) is 0 Å². The van der Waals surface area contributed by atoms with Crippen LogP contribution in [0.2, 0.25) is 0 Å². The summed E-state index contributed by atoms with van der Waals surface area (Å²) in [6, 6.07) is 7.20. The lowest BCUT2D eigenvalue weighted by molar-refractivity contribution is -0.130. The molecular formula is C22H34N2O2. The van der Waals surface area contributed by atoms with Crippen molar-refractivity contribution in [1.29, 1.82) is 0 Å². The van der Waals surface area contributed by atoms with Gasteiger partial charge < -0.3 is 9.64 Å². The second kappa shape index (κ2) is 8.90. The van der Waals surface area contributed by atoms with E-state index < -0.39 is 0 Å². The normalized spacial score (nSPS) is 20.9. The zero-order valence-electron chi connectivity index (χ0n) is 16.7. The van der Waals surface area contributed by atoms with Crippen molar-refractivity contribution in [1.82, 2.24) is 9.80 Å². The highest BCUT2D eigenvalue weighted by atomic mass is 16.5. The number of methoxy groups -OCH3 is 1. The van der Waals surface area contributed by atoms with E-state index in [4.69, 9.17) is 4.74 Å². The van der Waals surface area contributed by atoms with E-state index in [0.29, 0.717) is 6.04 Å². The summed E-state index contributed by atoms with van der Waals surface area (Å²) in [7, 11) is 1.75. The zero-order valence-corrected chi connectivity index (χ0v) is 16.7. The van der Waals surface area contributed by atoms with Gasteiger partial charge in [-0.15, -0.1) is 0 Å². The fourth-order valence-electron chi connectivity index (χ4n) is 4.63. The van der Waals surface area contributed by atoms with Crippen LogP contribution in [0, 0.1) is 5.92 Å². The van der Waals surface area contributed by atoms with Crippen molar-refractivity contribution in [3.05, 3.63) is 29.3 Å². The number of likely N-dealkylation sites (tertiary alicyclic amines) is 1. The Morgan fingerprint density at radius 3 is 2.65 bits per heavy atom. The van der Waals surface area contributed by atoms with Crippen molar-refractivity contribution in [2.75, 3.05) is 33.3 Å². The van der Waals surface area contributed by atoms with Crippen LogP contribution in [0.1, 0.15) is 50.7 Å².